The van der Waals surface area contributed by atoms with Crippen LogP contribution in [0.4, 0.5) is 0 Å². The molecule has 132 valence electrons. The minimum absolute atomic E-state index is 0.116. The predicted octanol–water partition coefficient (Wildman–Crippen LogP) is 1.68. The molecule has 2 aromatic rings. The predicted molar refractivity (Wildman–Crippen MR) is 95.3 cm³/mol. The van der Waals surface area contributed by atoms with Crippen LogP contribution >= 0.6 is 11.3 Å². The summed E-state index contributed by atoms with van der Waals surface area (Å²) >= 11 is 1.59. The number of benzene rings is 1. The van der Waals surface area contributed by atoms with E-state index in [9.17, 15) is 9.59 Å². The molecule has 25 heavy (non-hydrogen) atoms. The van der Waals surface area contributed by atoms with Crippen molar-refractivity contribution < 1.29 is 14.8 Å². The number of hydrogen-bond acceptors (Lipinski definition) is 5. The molecule has 1 aliphatic rings. The largest absolute Gasteiger partial charge is 0.340 e. The summed E-state index contributed by atoms with van der Waals surface area (Å²) in [6, 6.07) is 12.7. The molecule has 0 bridgehead atoms. The van der Waals surface area contributed by atoms with Crippen LogP contribution in [0.3, 0.4) is 0 Å². The molecule has 1 saturated heterocycles. The molecule has 2 amide bonds. The normalized spacial score (nSPS) is 16.4. The number of nitrogens with one attached hydrogen (secondary N) is 1. The van der Waals surface area contributed by atoms with Crippen molar-refractivity contribution in [2.75, 3.05) is 26.2 Å². The maximum atomic E-state index is 12.4. The molecule has 6 nitrogen and oxygen atoms in total. The average Bonchev–Trinajstić information content (AvgIpc) is 3.16. The molecule has 1 unspecified atom stereocenters. The highest BCUT2D eigenvalue weighted by Gasteiger charge is 2.31. The number of carbonyl (C=O) groups is 2. The lowest BCUT2D eigenvalue weighted by Gasteiger charge is -2.38. The van der Waals surface area contributed by atoms with E-state index in [0.717, 1.165) is 10.4 Å². The van der Waals surface area contributed by atoms with E-state index in [-0.39, 0.29) is 5.91 Å². The highest BCUT2D eigenvalue weighted by molar-refractivity contribution is 7.10. The second-order valence-corrected chi connectivity index (χ2v) is 6.99. The Morgan fingerprint density at radius 1 is 1.08 bits per heavy atom. The Morgan fingerprint density at radius 2 is 1.80 bits per heavy atom. The van der Waals surface area contributed by atoms with Gasteiger partial charge in [-0.2, -0.15) is 0 Å². The molecular formula is C18H21N3O3S. The summed E-state index contributed by atoms with van der Waals surface area (Å²) in [7, 11) is 0. The molecule has 0 aliphatic carbocycles. The van der Waals surface area contributed by atoms with E-state index in [1.807, 2.05) is 57.6 Å². The van der Waals surface area contributed by atoms with E-state index < -0.39 is 11.9 Å². The smallest absolute Gasteiger partial charge is 0.265 e. The zero-order valence-electron chi connectivity index (χ0n) is 13.8. The van der Waals surface area contributed by atoms with E-state index in [0.29, 0.717) is 32.6 Å². The number of hydroxylamine groups is 1. The Labute approximate surface area is 150 Å². The summed E-state index contributed by atoms with van der Waals surface area (Å²) < 4.78 is 0. The van der Waals surface area contributed by atoms with Crippen LogP contribution in [-0.2, 0) is 16.0 Å². The molecule has 0 saturated carbocycles. The van der Waals surface area contributed by atoms with E-state index >= 15 is 0 Å². The van der Waals surface area contributed by atoms with Crippen LogP contribution in [0.1, 0.15) is 16.5 Å². The van der Waals surface area contributed by atoms with Gasteiger partial charge in [0.15, 0.2) is 0 Å². The lowest BCUT2D eigenvalue weighted by atomic mass is 10.0. The highest BCUT2D eigenvalue weighted by Crippen LogP contribution is 2.23. The Balaban J connectivity index is 1.63. The Morgan fingerprint density at radius 3 is 2.40 bits per heavy atom. The molecule has 3 rings (SSSR count). The van der Waals surface area contributed by atoms with Gasteiger partial charge in [0.05, 0.1) is 6.42 Å². The van der Waals surface area contributed by atoms with Gasteiger partial charge < -0.3 is 4.90 Å². The molecule has 1 atom stereocenters. The summed E-state index contributed by atoms with van der Waals surface area (Å²) in [6.07, 6.45) is 0.427. The molecule has 1 aromatic heterocycles. The standard InChI is InChI=1S/C18H21N3O3S/c22-16(13-15-7-4-12-25-15)20-8-10-21(11-9-20)17(18(23)19-24)14-5-2-1-3-6-14/h1-7,12,17,24H,8-11,13H2,(H,19,23). The van der Waals surface area contributed by atoms with Gasteiger partial charge in [0.2, 0.25) is 5.91 Å². The first kappa shape index (κ1) is 17.6. The average molecular weight is 359 g/mol. The van der Waals surface area contributed by atoms with Crippen LogP contribution in [0.15, 0.2) is 47.8 Å². The van der Waals surface area contributed by atoms with Gasteiger partial charge in [0.25, 0.3) is 5.91 Å². The maximum absolute atomic E-state index is 12.4. The SMILES string of the molecule is O=C(NO)C(c1ccccc1)N1CCN(C(=O)Cc2cccs2)CC1. The molecule has 1 fully saturated rings. The van der Waals surface area contributed by atoms with Crippen LogP contribution in [0.5, 0.6) is 0 Å². The van der Waals surface area contributed by atoms with E-state index in [2.05, 4.69) is 0 Å². The second-order valence-electron chi connectivity index (χ2n) is 5.96. The molecule has 2 N–H and O–H groups in total. The van der Waals surface area contributed by atoms with Crippen molar-refractivity contribution >= 4 is 23.2 Å². The Hall–Kier alpha value is -2.22. The minimum Gasteiger partial charge on any atom is -0.340 e. The van der Waals surface area contributed by atoms with Gasteiger partial charge in [-0.1, -0.05) is 36.4 Å². The number of nitrogens with zero attached hydrogens (tertiary/aromatic N) is 2. The van der Waals surface area contributed by atoms with Crippen LogP contribution in [0.25, 0.3) is 0 Å². The quantitative estimate of drug-likeness (QED) is 0.629. The molecule has 2 heterocycles. The Bertz CT molecular complexity index is 698. The summed E-state index contributed by atoms with van der Waals surface area (Å²) in [5, 5.41) is 11.1. The topological polar surface area (TPSA) is 72.9 Å². The van der Waals surface area contributed by atoms with Crippen molar-refractivity contribution in [1.29, 1.82) is 0 Å². The van der Waals surface area contributed by atoms with E-state index in [4.69, 9.17) is 5.21 Å². The summed E-state index contributed by atoms with van der Waals surface area (Å²) in [5.41, 5.74) is 2.59. The number of hydrogen-bond donors (Lipinski definition) is 2. The summed E-state index contributed by atoms with van der Waals surface area (Å²) in [5.74, 6) is -0.338. The zero-order valence-corrected chi connectivity index (χ0v) is 14.6. The lowest BCUT2D eigenvalue weighted by molar-refractivity contribution is -0.137. The van der Waals surface area contributed by atoms with Gasteiger partial charge in [-0.25, -0.2) is 5.48 Å². The van der Waals surface area contributed by atoms with Gasteiger partial charge in [0.1, 0.15) is 6.04 Å². The van der Waals surface area contributed by atoms with Crippen LogP contribution in [0, 0.1) is 0 Å². The maximum Gasteiger partial charge on any atom is 0.265 e. The number of amides is 2. The van der Waals surface area contributed by atoms with Crippen LogP contribution in [-0.4, -0.2) is 53.0 Å². The van der Waals surface area contributed by atoms with Gasteiger partial charge in [0, 0.05) is 31.1 Å². The zero-order chi connectivity index (χ0) is 17.6. The fourth-order valence-electron chi connectivity index (χ4n) is 3.13. The number of piperazine rings is 1. The van der Waals surface area contributed by atoms with E-state index in [1.54, 1.807) is 16.8 Å². The van der Waals surface area contributed by atoms with Gasteiger partial charge in [-0.05, 0) is 17.0 Å². The molecule has 0 radical (unpaired) electrons. The minimum atomic E-state index is -0.555. The molecular weight excluding hydrogens is 338 g/mol. The summed E-state index contributed by atoms with van der Waals surface area (Å²) in [4.78, 5) is 29.5. The van der Waals surface area contributed by atoms with Crippen molar-refractivity contribution in [2.45, 2.75) is 12.5 Å². The van der Waals surface area contributed by atoms with Crippen molar-refractivity contribution in [2.24, 2.45) is 0 Å². The first-order chi connectivity index (χ1) is 12.2. The van der Waals surface area contributed by atoms with E-state index in [1.165, 1.54) is 0 Å². The van der Waals surface area contributed by atoms with Gasteiger partial charge >= 0.3 is 0 Å². The van der Waals surface area contributed by atoms with Crippen LogP contribution < -0.4 is 5.48 Å². The third kappa shape index (κ3) is 4.25. The first-order valence-electron chi connectivity index (χ1n) is 8.22. The lowest BCUT2D eigenvalue weighted by Crippen LogP contribution is -2.52. The monoisotopic (exact) mass is 359 g/mol. The van der Waals surface area contributed by atoms with Gasteiger partial charge in [-0.15, -0.1) is 11.3 Å². The molecule has 1 aromatic carbocycles. The van der Waals surface area contributed by atoms with Crippen molar-refractivity contribution in [1.82, 2.24) is 15.3 Å². The third-order valence-electron chi connectivity index (χ3n) is 4.41. The molecule has 1 aliphatic heterocycles. The molecule has 7 heteroatoms. The van der Waals surface area contributed by atoms with Crippen molar-refractivity contribution in [3.05, 3.63) is 58.3 Å². The number of thiophene rings is 1. The fraction of sp³-hybridized carbons (Fsp3) is 0.333. The summed E-state index contributed by atoms with van der Waals surface area (Å²) in [6.45, 7) is 2.32. The van der Waals surface area contributed by atoms with Crippen molar-refractivity contribution in [3.8, 4) is 0 Å². The second kappa shape index (κ2) is 8.24. The van der Waals surface area contributed by atoms with Crippen molar-refractivity contribution in [3.63, 3.8) is 0 Å². The first-order valence-corrected chi connectivity index (χ1v) is 9.10. The Kier molecular flexibility index (Phi) is 5.80. The fourth-order valence-corrected chi connectivity index (χ4v) is 3.82. The third-order valence-corrected chi connectivity index (χ3v) is 5.29. The highest BCUT2D eigenvalue weighted by atomic mass is 32.1. The number of rotatable bonds is 5. The number of carbonyl (C=O) groups excluding carboxylic acids is 2. The molecule has 0 spiro atoms. The van der Waals surface area contributed by atoms with Gasteiger partial charge in [-0.3, -0.25) is 19.7 Å². The van der Waals surface area contributed by atoms with Crippen LogP contribution in [0.2, 0.25) is 0 Å².